The first-order valence-corrected chi connectivity index (χ1v) is 7.50. The van der Waals surface area contributed by atoms with Gasteiger partial charge in [0.15, 0.2) is 0 Å². The van der Waals surface area contributed by atoms with Crippen LogP contribution in [0.2, 0.25) is 0 Å². The number of benzene rings is 1. The second-order valence-corrected chi connectivity index (χ2v) is 6.14. The maximum atomic E-state index is 14.0. The fourth-order valence-corrected chi connectivity index (χ4v) is 3.83. The molecular weight excluding hydrogens is 327 g/mol. The van der Waals surface area contributed by atoms with Crippen LogP contribution in [-0.4, -0.2) is 18.2 Å². The van der Waals surface area contributed by atoms with Crippen LogP contribution in [0.15, 0.2) is 10.5 Å². The molecule has 0 heterocycles. The van der Waals surface area contributed by atoms with E-state index in [1.54, 1.807) is 6.92 Å². The number of rotatable bonds is 3. The summed E-state index contributed by atoms with van der Waals surface area (Å²) in [5, 5.41) is 9.77. The Kier molecular flexibility index (Phi) is 4.37. The smallest absolute Gasteiger partial charge is 0.314 e. The summed E-state index contributed by atoms with van der Waals surface area (Å²) in [5.41, 5.74) is 0.00838. The third-order valence-electron chi connectivity index (χ3n) is 4.16. The Morgan fingerprint density at radius 1 is 1.40 bits per heavy atom. The number of hydrogen-bond donors (Lipinski definition) is 1. The zero-order chi connectivity index (χ0) is 14.9. The molecule has 0 aliphatic heterocycles. The molecule has 1 aliphatic carbocycles. The molecule has 0 saturated heterocycles. The first-order valence-electron chi connectivity index (χ1n) is 6.70. The van der Waals surface area contributed by atoms with E-state index in [-0.39, 0.29) is 4.47 Å². The van der Waals surface area contributed by atoms with Crippen LogP contribution in [0.1, 0.15) is 43.2 Å². The average molecular weight is 345 g/mol. The van der Waals surface area contributed by atoms with Gasteiger partial charge in [0.2, 0.25) is 0 Å². The highest BCUT2D eigenvalue weighted by molar-refractivity contribution is 9.10. The predicted octanol–water partition coefficient (Wildman–Crippen LogP) is 4.19. The fraction of sp³-hybridized carbons (Fsp3) is 0.533. The van der Waals surface area contributed by atoms with Gasteiger partial charge in [-0.15, -0.1) is 0 Å². The van der Waals surface area contributed by atoms with Gasteiger partial charge in [-0.25, -0.2) is 4.39 Å². The molecule has 0 amide bonds. The first kappa shape index (κ1) is 15.3. The van der Waals surface area contributed by atoms with Crippen LogP contribution in [0.5, 0.6) is 5.75 Å². The minimum absolute atomic E-state index is 0.212. The molecule has 3 nitrogen and oxygen atoms in total. The highest BCUT2D eigenvalue weighted by Gasteiger charge is 2.45. The Morgan fingerprint density at radius 2 is 2.00 bits per heavy atom. The molecule has 0 aromatic heterocycles. The molecule has 0 atom stereocenters. The number of carbonyl (C=O) groups is 1. The number of halogens is 2. The molecule has 1 N–H and O–H groups in total. The van der Waals surface area contributed by atoms with Crippen molar-refractivity contribution in [2.24, 2.45) is 0 Å². The van der Waals surface area contributed by atoms with Crippen LogP contribution in [-0.2, 0) is 10.2 Å². The quantitative estimate of drug-likeness (QED) is 0.894. The molecule has 2 rings (SSSR count). The summed E-state index contributed by atoms with van der Waals surface area (Å²) in [6.07, 6.45) is 3.71. The summed E-state index contributed by atoms with van der Waals surface area (Å²) in [6, 6.07) is 1.37. The third-order valence-corrected chi connectivity index (χ3v) is 4.93. The van der Waals surface area contributed by atoms with E-state index in [0.29, 0.717) is 29.7 Å². The maximum absolute atomic E-state index is 14.0. The van der Waals surface area contributed by atoms with Gasteiger partial charge < -0.3 is 9.84 Å². The Labute approximate surface area is 126 Å². The number of carboxylic acids is 1. The largest absolute Gasteiger partial charge is 0.496 e. The standard InChI is InChI=1S/C15H18BrFO3/c1-9-8-10(17)12(16)11(13(9)20-2)15(14(18)19)6-4-3-5-7-15/h8H,3-7H2,1-2H3,(H,18,19). The van der Waals surface area contributed by atoms with Gasteiger partial charge >= 0.3 is 5.97 Å². The van der Waals surface area contributed by atoms with Gasteiger partial charge in [0.1, 0.15) is 11.6 Å². The average Bonchev–Trinajstić information content (AvgIpc) is 2.43. The van der Waals surface area contributed by atoms with Gasteiger partial charge in [-0.05, 0) is 47.3 Å². The van der Waals surface area contributed by atoms with Crippen molar-refractivity contribution in [1.29, 1.82) is 0 Å². The van der Waals surface area contributed by atoms with Gasteiger partial charge in [0.05, 0.1) is 17.0 Å². The van der Waals surface area contributed by atoms with E-state index in [1.807, 2.05) is 0 Å². The summed E-state index contributed by atoms with van der Waals surface area (Å²) in [6.45, 7) is 1.73. The monoisotopic (exact) mass is 344 g/mol. The van der Waals surface area contributed by atoms with Gasteiger partial charge in [0, 0.05) is 5.56 Å². The Hall–Kier alpha value is -1.10. The number of aliphatic carboxylic acids is 1. The molecule has 1 saturated carbocycles. The molecule has 1 aromatic carbocycles. The van der Waals surface area contributed by atoms with Crippen molar-refractivity contribution in [3.05, 3.63) is 27.5 Å². The van der Waals surface area contributed by atoms with Gasteiger partial charge in [-0.3, -0.25) is 4.79 Å². The normalized spacial score (nSPS) is 17.8. The SMILES string of the molecule is COc1c(C)cc(F)c(Br)c1C1(C(=O)O)CCCCC1. The fourth-order valence-electron chi connectivity index (χ4n) is 3.15. The second-order valence-electron chi connectivity index (χ2n) is 5.35. The topological polar surface area (TPSA) is 46.5 Å². The Morgan fingerprint density at radius 3 is 2.50 bits per heavy atom. The van der Waals surface area contributed by atoms with E-state index in [4.69, 9.17) is 4.74 Å². The van der Waals surface area contributed by atoms with E-state index in [9.17, 15) is 14.3 Å². The number of ether oxygens (including phenoxy) is 1. The van der Waals surface area contributed by atoms with E-state index >= 15 is 0 Å². The summed E-state index contributed by atoms with van der Waals surface area (Å²) in [7, 11) is 1.49. The molecule has 0 radical (unpaired) electrons. The summed E-state index contributed by atoms with van der Waals surface area (Å²) in [5.74, 6) is -0.867. The molecule has 0 spiro atoms. The van der Waals surface area contributed by atoms with E-state index in [1.165, 1.54) is 13.2 Å². The van der Waals surface area contributed by atoms with Crippen LogP contribution in [0, 0.1) is 12.7 Å². The highest BCUT2D eigenvalue weighted by Crippen LogP contribution is 2.48. The summed E-state index contributed by atoms with van der Waals surface area (Å²) >= 11 is 3.23. The lowest BCUT2D eigenvalue weighted by molar-refractivity contribution is -0.145. The van der Waals surface area contributed by atoms with Gasteiger partial charge in [0.25, 0.3) is 0 Å². The van der Waals surface area contributed by atoms with E-state index in [0.717, 1.165) is 19.3 Å². The first-order chi connectivity index (χ1) is 9.44. The van der Waals surface area contributed by atoms with Crippen LogP contribution in [0.4, 0.5) is 4.39 Å². The number of methoxy groups -OCH3 is 1. The number of aryl methyl sites for hydroxylation is 1. The van der Waals surface area contributed by atoms with Crippen LogP contribution >= 0.6 is 15.9 Å². The van der Waals surface area contributed by atoms with E-state index in [2.05, 4.69) is 15.9 Å². The highest BCUT2D eigenvalue weighted by atomic mass is 79.9. The van der Waals surface area contributed by atoms with Gasteiger partial charge in [-0.2, -0.15) is 0 Å². The molecule has 20 heavy (non-hydrogen) atoms. The van der Waals surface area contributed by atoms with Crippen molar-refractivity contribution in [2.45, 2.75) is 44.4 Å². The van der Waals surface area contributed by atoms with E-state index < -0.39 is 17.2 Å². The molecular formula is C15H18BrFO3. The molecule has 0 unspecified atom stereocenters. The van der Waals surface area contributed by atoms with Crippen molar-refractivity contribution in [1.82, 2.24) is 0 Å². The Bertz CT molecular complexity index is 536. The second kappa shape index (κ2) is 5.72. The third kappa shape index (κ3) is 2.32. The summed E-state index contributed by atoms with van der Waals surface area (Å²) in [4.78, 5) is 11.9. The van der Waals surface area contributed by atoms with Crippen molar-refractivity contribution >= 4 is 21.9 Å². The number of carboxylic acid groups (broad SMARTS) is 1. The zero-order valence-electron chi connectivity index (χ0n) is 11.6. The van der Waals surface area contributed by atoms with Gasteiger partial charge in [-0.1, -0.05) is 19.3 Å². The van der Waals surface area contributed by atoms with Crippen LogP contribution < -0.4 is 4.74 Å². The zero-order valence-corrected chi connectivity index (χ0v) is 13.2. The Balaban J connectivity index is 2.73. The minimum atomic E-state index is -1.06. The molecule has 110 valence electrons. The van der Waals surface area contributed by atoms with Crippen molar-refractivity contribution in [3.8, 4) is 5.75 Å². The maximum Gasteiger partial charge on any atom is 0.314 e. The molecule has 1 fully saturated rings. The lowest BCUT2D eigenvalue weighted by Gasteiger charge is -2.35. The predicted molar refractivity (Wildman–Crippen MR) is 77.8 cm³/mol. The lowest BCUT2D eigenvalue weighted by atomic mass is 9.68. The molecule has 1 aromatic rings. The minimum Gasteiger partial charge on any atom is -0.496 e. The summed E-state index contributed by atoms with van der Waals surface area (Å²) < 4.78 is 19.6. The van der Waals surface area contributed by atoms with Crippen molar-refractivity contribution in [3.63, 3.8) is 0 Å². The van der Waals surface area contributed by atoms with Crippen molar-refractivity contribution in [2.75, 3.05) is 7.11 Å². The molecule has 5 heteroatoms. The van der Waals surface area contributed by atoms with Crippen LogP contribution in [0.3, 0.4) is 0 Å². The lowest BCUT2D eigenvalue weighted by Crippen LogP contribution is -2.38. The van der Waals surface area contributed by atoms with Crippen LogP contribution in [0.25, 0.3) is 0 Å². The molecule has 0 bridgehead atoms. The van der Waals surface area contributed by atoms with Crippen molar-refractivity contribution < 1.29 is 19.0 Å². The number of hydrogen-bond acceptors (Lipinski definition) is 2. The molecule has 1 aliphatic rings.